The van der Waals surface area contributed by atoms with Gasteiger partial charge in [-0.25, -0.2) is 0 Å². The normalized spacial score (nSPS) is 23.5. The van der Waals surface area contributed by atoms with Gasteiger partial charge in [0.1, 0.15) is 0 Å². The second-order valence-electron chi connectivity index (χ2n) is 5.37. The number of amides is 1. The maximum absolute atomic E-state index is 12.3. The lowest BCUT2D eigenvalue weighted by Gasteiger charge is -2.35. The smallest absolute Gasteiger partial charge is 0.239 e. The van der Waals surface area contributed by atoms with Gasteiger partial charge in [0.05, 0.1) is 6.04 Å². The fourth-order valence-electron chi connectivity index (χ4n) is 2.84. The SMILES string of the molecule is C=CC1CCN(C(=O)C(N)C2CCOCC2)CC1.Cl. The van der Waals surface area contributed by atoms with E-state index in [9.17, 15) is 4.79 Å². The molecule has 110 valence electrons. The Hall–Kier alpha value is -0.580. The van der Waals surface area contributed by atoms with Gasteiger partial charge in [-0.2, -0.15) is 0 Å². The van der Waals surface area contributed by atoms with E-state index in [-0.39, 0.29) is 24.4 Å². The maximum atomic E-state index is 12.3. The van der Waals surface area contributed by atoms with E-state index in [0.717, 1.165) is 52.0 Å². The molecule has 2 heterocycles. The number of ether oxygens (including phenoxy) is 1. The molecule has 0 bridgehead atoms. The highest BCUT2D eigenvalue weighted by molar-refractivity contribution is 5.85. The van der Waals surface area contributed by atoms with Crippen molar-refractivity contribution in [3.8, 4) is 0 Å². The molecule has 2 aliphatic heterocycles. The van der Waals surface area contributed by atoms with Crippen molar-refractivity contribution in [1.29, 1.82) is 0 Å². The second kappa shape index (κ2) is 7.88. The molecule has 1 amide bonds. The maximum Gasteiger partial charge on any atom is 0.239 e. The highest BCUT2D eigenvalue weighted by Gasteiger charge is 2.31. The standard InChI is InChI=1S/C14H24N2O2.ClH/c1-2-11-3-7-16(8-4-11)14(17)13(15)12-5-9-18-10-6-12;/h2,11-13H,1,3-10,15H2;1H. The van der Waals surface area contributed by atoms with Crippen molar-refractivity contribution in [2.75, 3.05) is 26.3 Å². The van der Waals surface area contributed by atoms with Crippen LogP contribution in [0.3, 0.4) is 0 Å². The van der Waals surface area contributed by atoms with Crippen LogP contribution in [-0.2, 0) is 9.53 Å². The summed E-state index contributed by atoms with van der Waals surface area (Å²) in [7, 11) is 0. The highest BCUT2D eigenvalue weighted by Crippen LogP contribution is 2.22. The largest absolute Gasteiger partial charge is 0.381 e. The summed E-state index contributed by atoms with van der Waals surface area (Å²) >= 11 is 0. The first-order valence-corrected chi connectivity index (χ1v) is 6.97. The zero-order valence-electron chi connectivity index (χ0n) is 11.4. The molecule has 2 saturated heterocycles. The van der Waals surface area contributed by atoms with Gasteiger partial charge in [0, 0.05) is 26.3 Å². The number of likely N-dealkylation sites (tertiary alicyclic amines) is 1. The minimum Gasteiger partial charge on any atom is -0.381 e. The summed E-state index contributed by atoms with van der Waals surface area (Å²) in [6, 6.07) is -0.339. The quantitative estimate of drug-likeness (QED) is 0.803. The Balaban J connectivity index is 0.00000180. The van der Waals surface area contributed by atoms with Gasteiger partial charge in [0.2, 0.25) is 5.91 Å². The molecule has 0 spiro atoms. The Kier molecular flexibility index (Phi) is 6.83. The summed E-state index contributed by atoms with van der Waals surface area (Å²) in [4.78, 5) is 14.3. The van der Waals surface area contributed by atoms with Crippen molar-refractivity contribution >= 4 is 18.3 Å². The van der Waals surface area contributed by atoms with E-state index < -0.39 is 0 Å². The molecule has 0 aliphatic carbocycles. The molecule has 0 radical (unpaired) electrons. The predicted molar refractivity (Wildman–Crippen MR) is 78.3 cm³/mol. The van der Waals surface area contributed by atoms with E-state index in [2.05, 4.69) is 6.58 Å². The molecule has 19 heavy (non-hydrogen) atoms. The fourth-order valence-corrected chi connectivity index (χ4v) is 2.84. The Morgan fingerprint density at radius 3 is 2.37 bits per heavy atom. The van der Waals surface area contributed by atoms with Gasteiger partial charge in [-0.15, -0.1) is 19.0 Å². The Morgan fingerprint density at radius 2 is 1.84 bits per heavy atom. The lowest BCUT2D eigenvalue weighted by molar-refractivity contribution is -0.135. The molecular formula is C14H25ClN2O2. The van der Waals surface area contributed by atoms with Gasteiger partial charge in [-0.05, 0) is 37.5 Å². The molecule has 0 saturated carbocycles. The predicted octanol–water partition coefficient (Wildman–Crippen LogP) is 1.59. The molecule has 5 heteroatoms. The van der Waals surface area contributed by atoms with E-state index in [1.54, 1.807) is 0 Å². The Bertz CT molecular complexity index is 298. The Morgan fingerprint density at radius 1 is 1.26 bits per heavy atom. The van der Waals surface area contributed by atoms with Crippen LogP contribution in [0.25, 0.3) is 0 Å². The number of piperidine rings is 1. The number of allylic oxidation sites excluding steroid dienone is 1. The summed E-state index contributed by atoms with van der Waals surface area (Å²) in [5.41, 5.74) is 6.12. The number of nitrogens with zero attached hydrogens (tertiary/aromatic N) is 1. The van der Waals surface area contributed by atoms with Gasteiger partial charge in [0.25, 0.3) is 0 Å². The van der Waals surface area contributed by atoms with Crippen LogP contribution >= 0.6 is 12.4 Å². The molecule has 0 aromatic carbocycles. The molecular weight excluding hydrogens is 264 g/mol. The van der Waals surface area contributed by atoms with Crippen LogP contribution in [0.15, 0.2) is 12.7 Å². The van der Waals surface area contributed by atoms with Crippen molar-refractivity contribution in [3.05, 3.63) is 12.7 Å². The average Bonchev–Trinajstić information content (AvgIpc) is 2.47. The van der Waals surface area contributed by atoms with E-state index >= 15 is 0 Å². The third-order valence-electron chi connectivity index (χ3n) is 4.24. The number of carbonyl (C=O) groups is 1. The molecule has 2 fully saturated rings. The third-order valence-corrected chi connectivity index (χ3v) is 4.24. The topological polar surface area (TPSA) is 55.6 Å². The van der Waals surface area contributed by atoms with E-state index in [0.29, 0.717) is 11.8 Å². The van der Waals surface area contributed by atoms with Crippen LogP contribution in [0.5, 0.6) is 0 Å². The van der Waals surface area contributed by atoms with Crippen LogP contribution in [-0.4, -0.2) is 43.2 Å². The van der Waals surface area contributed by atoms with Gasteiger partial charge in [0.15, 0.2) is 0 Å². The lowest BCUT2D eigenvalue weighted by Crippen LogP contribution is -2.51. The summed E-state index contributed by atoms with van der Waals surface area (Å²) in [6.45, 7) is 6.95. The van der Waals surface area contributed by atoms with Crippen molar-refractivity contribution in [3.63, 3.8) is 0 Å². The van der Waals surface area contributed by atoms with Gasteiger partial charge >= 0.3 is 0 Å². The van der Waals surface area contributed by atoms with Crippen LogP contribution in [0.2, 0.25) is 0 Å². The van der Waals surface area contributed by atoms with Crippen molar-refractivity contribution in [2.24, 2.45) is 17.6 Å². The number of hydrogen-bond acceptors (Lipinski definition) is 3. The molecule has 1 unspecified atom stereocenters. The molecule has 2 N–H and O–H groups in total. The third kappa shape index (κ3) is 4.20. The molecule has 2 rings (SSSR count). The number of nitrogens with two attached hydrogens (primary N) is 1. The van der Waals surface area contributed by atoms with Gasteiger partial charge in [-0.1, -0.05) is 6.08 Å². The molecule has 0 aromatic heterocycles. The van der Waals surface area contributed by atoms with Crippen LogP contribution < -0.4 is 5.73 Å². The van der Waals surface area contributed by atoms with Gasteiger partial charge in [-0.3, -0.25) is 4.79 Å². The van der Waals surface area contributed by atoms with Crippen molar-refractivity contribution in [1.82, 2.24) is 4.90 Å². The molecule has 4 nitrogen and oxygen atoms in total. The fraction of sp³-hybridized carbons (Fsp3) is 0.786. The van der Waals surface area contributed by atoms with Crippen LogP contribution in [0, 0.1) is 11.8 Å². The monoisotopic (exact) mass is 288 g/mol. The van der Waals surface area contributed by atoms with Gasteiger partial charge < -0.3 is 15.4 Å². The van der Waals surface area contributed by atoms with E-state index in [1.165, 1.54) is 0 Å². The number of hydrogen-bond donors (Lipinski definition) is 1. The first-order valence-electron chi connectivity index (χ1n) is 6.97. The second-order valence-corrected chi connectivity index (χ2v) is 5.37. The zero-order valence-corrected chi connectivity index (χ0v) is 12.2. The number of halogens is 1. The zero-order chi connectivity index (χ0) is 13.0. The van der Waals surface area contributed by atoms with Crippen LogP contribution in [0.1, 0.15) is 25.7 Å². The first-order chi connectivity index (χ1) is 8.72. The highest BCUT2D eigenvalue weighted by atomic mass is 35.5. The van der Waals surface area contributed by atoms with E-state index in [1.807, 2.05) is 11.0 Å². The summed E-state index contributed by atoms with van der Waals surface area (Å²) in [5, 5.41) is 0. The molecule has 0 aromatic rings. The lowest BCUT2D eigenvalue weighted by atomic mass is 9.90. The number of rotatable bonds is 3. The Labute approximate surface area is 121 Å². The summed E-state index contributed by atoms with van der Waals surface area (Å²) < 4.78 is 5.31. The summed E-state index contributed by atoms with van der Waals surface area (Å²) in [5.74, 6) is 0.987. The average molecular weight is 289 g/mol. The minimum absolute atomic E-state index is 0. The molecule has 2 aliphatic rings. The first kappa shape index (κ1) is 16.5. The van der Waals surface area contributed by atoms with Crippen LogP contribution in [0.4, 0.5) is 0 Å². The van der Waals surface area contributed by atoms with Crippen molar-refractivity contribution < 1.29 is 9.53 Å². The van der Waals surface area contributed by atoms with Crippen molar-refractivity contribution in [2.45, 2.75) is 31.7 Å². The minimum atomic E-state index is -0.339. The number of carbonyl (C=O) groups excluding carboxylic acids is 1. The van der Waals surface area contributed by atoms with E-state index in [4.69, 9.17) is 10.5 Å². The molecule has 1 atom stereocenters. The summed E-state index contributed by atoms with van der Waals surface area (Å²) in [6.07, 6.45) is 5.87.